The number of carbonyl (C=O) groups is 3. The number of carboxylic acid groups (broad SMARTS) is 1. The SMILES string of the molecule is CC1(C)c2[nH]nc(NC(=O)C3([Si](C)(C)C)CCC3)c2CN1C(=O)N[C@@H](CCC(=O)O)c1ccccc1. The number of H-pyrrole nitrogens is 1. The lowest BCUT2D eigenvalue weighted by molar-refractivity contribution is -0.137. The van der Waals surface area contributed by atoms with Gasteiger partial charge >= 0.3 is 12.0 Å². The van der Waals surface area contributed by atoms with Gasteiger partial charge in [0.15, 0.2) is 5.82 Å². The standard InChI is InChI=1S/C26H37N5O4Si/c1-25(2)21-18(22(30-29-21)28-23(34)26(14-9-15-26)36(3,4)5)16-31(25)24(35)27-19(12-13-20(32)33)17-10-7-6-8-11-17/h6-8,10-11,19H,9,12-16H2,1-5H3,(H,27,35)(H,32,33)(H2,28,29,30,34)/t19-/m0/s1. The number of benzene rings is 1. The van der Waals surface area contributed by atoms with Gasteiger partial charge in [0.1, 0.15) is 0 Å². The van der Waals surface area contributed by atoms with E-state index >= 15 is 0 Å². The van der Waals surface area contributed by atoms with E-state index in [0.717, 1.165) is 36.1 Å². The van der Waals surface area contributed by atoms with Gasteiger partial charge in [-0.25, -0.2) is 4.79 Å². The zero-order valence-corrected chi connectivity index (χ0v) is 22.8. The summed E-state index contributed by atoms with van der Waals surface area (Å²) in [5.74, 6) is -0.371. The fourth-order valence-electron chi connectivity index (χ4n) is 5.52. The fraction of sp³-hybridized carbons (Fsp3) is 0.538. The van der Waals surface area contributed by atoms with Crippen LogP contribution >= 0.6 is 0 Å². The Morgan fingerprint density at radius 2 is 1.83 bits per heavy atom. The molecule has 1 fully saturated rings. The number of aliphatic carboxylic acids is 1. The van der Waals surface area contributed by atoms with Crippen LogP contribution in [0.5, 0.6) is 0 Å². The molecule has 9 nitrogen and oxygen atoms in total. The van der Waals surface area contributed by atoms with E-state index < -0.39 is 25.6 Å². The number of fused-ring (bicyclic) bond motifs is 1. The van der Waals surface area contributed by atoms with Crippen molar-refractivity contribution < 1.29 is 19.5 Å². The third kappa shape index (κ3) is 4.54. The summed E-state index contributed by atoms with van der Waals surface area (Å²) in [6.45, 7) is 10.9. The maximum absolute atomic E-state index is 13.5. The van der Waals surface area contributed by atoms with Crippen LogP contribution in [-0.2, 0) is 21.7 Å². The second kappa shape index (κ2) is 9.38. The number of nitrogens with one attached hydrogen (secondary N) is 3. The Morgan fingerprint density at radius 1 is 1.17 bits per heavy atom. The summed E-state index contributed by atoms with van der Waals surface area (Å²) in [5.41, 5.74) is 1.78. The van der Waals surface area contributed by atoms with Gasteiger partial charge in [0.05, 0.1) is 31.9 Å². The maximum Gasteiger partial charge on any atom is 0.318 e. The molecule has 0 unspecified atom stereocenters. The molecular weight excluding hydrogens is 474 g/mol. The molecule has 2 heterocycles. The molecular formula is C26H37N5O4Si. The van der Waals surface area contributed by atoms with E-state index in [1.54, 1.807) is 4.90 Å². The van der Waals surface area contributed by atoms with Crippen molar-refractivity contribution in [1.29, 1.82) is 0 Å². The van der Waals surface area contributed by atoms with Gasteiger partial charge in [-0.05, 0) is 38.7 Å². The van der Waals surface area contributed by atoms with Gasteiger partial charge in [0.25, 0.3) is 0 Å². The highest BCUT2D eigenvalue weighted by atomic mass is 28.3. The minimum atomic E-state index is -1.74. The number of nitrogens with zero attached hydrogens (tertiary/aromatic N) is 2. The number of hydrogen-bond donors (Lipinski definition) is 4. The first-order valence-corrected chi connectivity index (χ1v) is 16.1. The smallest absolute Gasteiger partial charge is 0.318 e. The average Bonchev–Trinajstić information content (AvgIpc) is 3.27. The molecule has 10 heteroatoms. The van der Waals surface area contributed by atoms with Crippen LogP contribution in [0.4, 0.5) is 10.6 Å². The molecule has 0 radical (unpaired) electrons. The molecule has 0 spiro atoms. The lowest BCUT2D eigenvalue weighted by atomic mass is 9.83. The molecule has 1 aromatic heterocycles. The first-order chi connectivity index (χ1) is 16.9. The predicted molar refractivity (Wildman–Crippen MR) is 140 cm³/mol. The Labute approximate surface area is 213 Å². The van der Waals surface area contributed by atoms with Crippen LogP contribution in [-0.4, -0.2) is 46.2 Å². The third-order valence-corrected chi connectivity index (χ3v) is 11.8. The Balaban J connectivity index is 1.52. The normalized spacial score (nSPS) is 18.6. The summed E-state index contributed by atoms with van der Waals surface area (Å²) in [5, 5.41) is 22.5. The minimum Gasteiger partial charge on any atom is -0.481 e. The molecule has 1 saturated carbocycles. The van der Waals surface area contributed by atoms with Crippen LogP contribution in [0.25, 0.3) is 0 Å². The average molecular weight is 512 g/mol. The number of hydrogen-bond acceptors (Lipinski definition) is 4. The molecule has 0 saturated heterocycles. The summed E-state index contributed by atoms with van der Waals surface area (Å²) in [4.78, 5) is 39.8. The number of anilines is 1. The van der Waals surface area contributed by atoms with E-state index in [1.165, 1.54) is 0 Å². The van der Waals surface area contributed by atoms with Crippen LogP contribution in [0.2, 0.25) is 24.7 Å². The highest BCUT2D eigenvalue weighted by Crippen LogP contribution is 2.56. The van der Waals surface area contributed by atoms with Gasteiger partial charge in [0, 0.05) is 17.0 Å². The highest BCUT2D eigenvalue weighted by molar-refractivity contribution is 6.83. The van der Waals surface area contributed by atoms with Crippen molar-refractivity contribution in [2.45, 2.75) is 88.8 Å². The molecule has 4 N–H and O–H groups in total. The summed E-state index contributed by atoms with van der Waals surface area (Å²) >= 11 is 0. The van der Waals surface area contributed by atoms with E-state index in [4.69, 9.17) is 0 Å². The minimum absolute atomic E-state index is 0.0423. The molecule has 2 aromatic rings. The number of amides is 3. The molecule has 4 rings (SSSR count). The fourth-order valence-corrected chi connectivity index (χ4v) is 8.12. The Hall–Kier alpha value is -3.14. The van der Waals surface area contributed by atoms with Gasteiger partial charge in [0.2, 0.25) is 5.91 Å². The van der Waals surface area contributed by atoms with Crippen molar-refractivity contribution in [1.82, 2.24) is 20.4 Å². The first-order valence-electron chi connectivity index (χ1n) is 12.6. The van der Waals surface area contributed by atoms with Crippen molar-refractivity contribution >= 4 is 31.8 Å². The van der Waals surface area contributed by atoms with Crippen molar-refractivity contribution in [3.63, 3.8) is 0 Å². The molecule has 1 aliphatic heterocycles. The van der Waals surface area contributed by atoms with Crippen molar-refractivity contribution in [3.8, 4) is 0 Å². The number of carbonyl (C=O) groups excluding carboxylic acids is 2. The summed E-state index contributed by atoms with van der Waals surface area (Å²) < 4.78 is 0. The predicted octanol–water partition coefficient (Wildman–Crippen LogP) is 4.98. The Morgan fingerprint density at radius 3 is 2.39 bits per heavy atom. The van der Waals surface area contributed by atoms with Gasteiger partial charge in [-0.15, -0.1) is 0 Å². The van der Waals surface area contributed by atoms with E-state index in [1.807, 2.05) is 44.2 Å². The van der Waals surface area contributed by atoms with Crippen LogP contribution < -0.4 is 10.6 Å². The Kier molecular flexibility index (Phi) is 6.76. The number of aromatic nitrogens is 2. The largest absolute Gasteiger partial charge is 0.481 e. The first kappa shape index (κ1) is 25.9. The molecule has 3 amide bonds. The summed E-state index contributed by atoms with van der Waals surface area (Å²) in [6, 6.07) is 8.67. The molecule has 194 valence electrons. The van der Waals surface area contributed by atoms with E-state index in [-0.39, 0.29) is 29.8 Å². The molecule has 1 atom stereocenters. The van der Waals surface area contributed by atoms with Crippen LogP contribution in [0.1, 0.15) is 68.8 Å². The second-order valence-corrected chi connectivity index (χ2v) is 17.0. The van der Waals surface area contributed by atoms with Gasteiger partial charge in [-0.1, -0.05) is 56.4 Å². The van der Waals surface area contributed by atoms with Crippen molar-refractivity contribution in [2.75, 3.05) is 5.32 Å². The molecule has 1 aromatic carbocycles. The maximum atomic E-state index is 13.5. The van der Waals surface area contributed by atoms with Gasteiger partial charge < -0.3 is 20.6 Å². The monoisotopic (exact) mass is 511 g/mol. The lowest BCUT2D eigenvalue weighted by Gasteiger charge is -2.48. The van der Waals surface area contributed by atoms with Crippen LogP contribution in [0.3, 0.4) is 0 Å². The zero-order valence-electron chi connectivity index (χ0n) is 21.8. The van der Waals surface area contributed by atoms with E-state index in [9.17, 15) is 19.5 Å². The van der Waals surface area contributed by atoms with Crippen molar-refractivity contribution in [2.24, 2.45) is 0 Å². The van der Waals surface area contributed by atoms with Gasteiger partial charge in [-0.3, -0.25) is 14.7 Å². The van der Waals surface area contributed by atoms with E-state index in [2.05, 4.69) is 40.5 Å². The highest BCUT2D eigenvalue weighted by Gasteiger charge is 2.54. The van der Waals surface area contributed by atoms with Crippen LogP contribution in [0, 0.1) is 0 Å². The number of urea groups is 1. The van der Waals surface area contributed by atoms with Crippen molar-refractivity contribution in [3.05, 3.63) is 47.2 Å². The quantitative estimate of drug-likeness (QED) is 0.372. The molecule has 36 heavy (non-hydrogen) atoms. The number of carboxylic acids is 1. The third-order valence-electron chi connectivity index (χ3n) is 8.17. The zero-order chi connectivity index (χ0) is 26.3. The summed E-state index contributed by atoms with van der Waals surface area (Å²) in [6.07, 6.45) is 3.13. The number of aromatic amines is 1. The second-order valence-electron chi connectivity index (χ2n) is 11.6. The molecule has 1 aliphatic carbocycles. The lowest BCUT2D eigenvalue weighted by Crippen LogP contribution is -2.52. The number of rotatable bonds is 8. The topological polar surface area (TPSA) is 127 Å². The Bertz CT molecular complexity index is 1150. The summed E-state index contributed by atoms with van der Waals surface area (Å²) in [7, 11) is -1.74. The molecule has 0 bridgehead atoms. The van der Waals surface area contributed by atoms with E-state index in [0.29, 0.717) is 12.4 Å². The molecule has 2 aliphatic rings. The van der Waals surface area contributed by atoms with Crippen LogP contribution in [0.15, 0.2) is 30.3 Å². The van der Waals surface area contributed by atoms with Gasteiger partial charge in [-0.2, -0.15) is 5.10 Å².